The maximum Gasteiger partial charge on any atom is 0.416 e. The number of carbonyl (C=O) groups is 5. The summed E-state index contributed by atoms with van der Waals surface area (Å²) in [6.45, 7) is 46.4. The van der Waals surface area contributed by atoms with E-state index >= 15 is 0 Å². The summed E-state index contributed by atoms with van der Waals surface area (Å²) in [5.74, 6) is 0.559. The molecule has 3 aromatic carbocycles. The highest BCUT2D eigenvalue weighted by Crippen LogP contribution is 2.56. The number of fused-ring (bicyclic) bond motifs is 12. The number of nitrogens with two attached hydrogens (primary N) is 1. The number of aryl methyl sites for hydroxylation is 4. The summed E-state index contributed by atoms with van der Waals surface area (Å²) in [6.07, 6.45) is 18.1. The summed E-state index contributed by atoms with van der Waals surface area (Å²) < 4.78 is 39.4. The minimum absolute atomic E-state index is 0.0309. The fraction of sp³-hybridized carbons (Fsp3) is 0.337. The third-order valence-corrected chi connectivity index (χ3v) is 26.7. The lowest BCUT2D eigenvalue weighted by Gasteiger charge is -2.46. The summed E-state index contributed by atoms with van der Waals surface area (Å²) >= 11 is 0. The van der Waals surface area contributed by atoms with E-state index in [1.807, 2.05) is 134 Å². The van der Waals surface area contributed by atoms with Gasteiger partial charge in [-0.2, -0.15) is 13.2 Å². The molecular formula is C98H90F3N15O5. The molecule has 8 aliphatic rings. The second-order valence-corrected chi connectivity index (χ2v) is 34.0. The van der Waals surface area contributed by atoms with E-state index in [1.54, 1.807) is 43.1 Å². The van der Waals surface area contributed by atoms with E-state index in [2.05, 4.69) is 81.4 Å². The Morgan fingerprint density at radius 2 is 0.752 bits per heavy atom. The number of amides is 1. The van der Waals surface area contributed by atoms with Crippen molar-refractivity contribution in [3.8, 4) is 68.1 Å². The van der Waals surface area contributed by atoms with Crippen LogP contribution >= 0.6 is 0 Å². The molecule has 7 heterocycles. The first-order valence-corrected chi connectivity index (χ1v) is 40.9. The molecule has 121 heavy (non-hydrogen) atoms. The van der Waals surface area contributed by atoms with Crippen LogP contribution in [0.1, 0.15) is 154 Å². The molecule has 0 unspecified atom stereocenters. The number of Topliss-reactive ketones (excluding diaryl/α,β-unsaturated/α-hetero) is 4. The fourth-order valence-electron chi connectivity index (χ4n) is 20.3. The normalized spacial score (nSPS) is 25.2. The summed E-state index contributed by atoms with van der Waals surface area (Å²) in [6, 6.07) is 34.3. The predicted molar refractivity (Wildman–Crippen MR) is 453 cm³/mol. The zero-order valence-electron chi connectivity index (χ0n) is 69.5. The molecule has 0 bridgehead atoms. The second-order valence-electron chi connectivity index (χ2n) is 34.0. The third-order valence-electron chi connectivity index (χ3n) is 26.7. The number of allylic oxidation sites excluding steroid dienone is 7. The van der Waals surface area contributed by atoms with Gasteiger partial charge >= 0.3 is 6.18 Å². The number of primary amides is 1. The highest BCUT2D eigenvalue weighted by molar-refractivity contribution is 6.20. The molecule has 0 spiro atoms. The molecule has 0 aliphatic heterocycles. The average molecular weight is 1610 g/mol. The van der Waals surface area contributed by atoms with Gasteiger partial charge in [0.05, 0.1) is 65.0 Å². The molecule has 18 rings (SSSR count). The first-order valence-electron chi connectivity index (χ1n) is 40.9. The molecule has 0 saturated heterocycles. The van der Waals surface area contributed by atoms with Crippen LogP contribution in [0, 0.1) is 94.8 Å². The van der Waals surface area contributed by atoms with Crippen LogP contribution in [-0.2, 0) is 77.5 Å². The van der Waals surface area contributed by atoms with Crippen LogP contribution in [0.3, 0.4) is 0 Å². The van der Waals surface area contributed by atoms with Crippen LogP contribution in [-0.4, -0.2) is 83.9 Å². The van der Waals surface area contributed by atoms with E-state index in [0.717, 1.165) is 158 Å². The Morgan fingerprint density at radius 3 is 1.14 bits per heavy atom. The van der Waals surface area contributed by atoms with Crippen LogP contribution in [0.2, 0.25) is 0 Å². The molecule has 1 amide bonds. The Bertz CT molecular complexity index is 6030. The van der Waals surface area contributed by atoms with E-state index < -0.39 is 39.3 Å². The van der Waals surface area contributed by atoms with Gasteiger partial charge in [0.15, 0.2) is 46.4 Å². The predicted octanol–water partition coefficient (Wildman–Crippen LogP) is 18.3. The summed E-state index contributed by atoms with van der Waals surface area (Å²) in [7, 11) is 0. The number of halogens is 3. The number of hydrogen-bond donors (Lipinski definition) is 1. The number of carbonyl (C=O) groups excluding carboxylic acids is 5. The molecule has 8 aliphatic carbocycles. The van der Waals surface area contributed by atoms with Gasteiger partial charge in [0.2, 0.25) is 17.1 Å². The number of alkyl halides is 3. The van der Waals surface area contributed by atoms with Crippen molar-refractivity contribution in [2.24, 2.45) is 53.1 Å². The highest BCUT2D eigenvalue weighted by Gasteiger charge is 2.54. The first-order chi connectivity index (χ1) is 57.7. The van der Waals surface area contributed by atoms with Crippen molar-refractivity contribution in [2.75, 3.05) is 0 Å². The van der Waals surface area contributed by atoms with Crippen LogP contribution in [0.5, 0.6) is 0 Å². The van der Waals surface area contributed by atoms with Gasteiger partial charge < -0.3 is 20.1 Å². The maximum absolute atomic E-state index is 13.1. The van der Waals surface area contributed by atoms with Gasteiger partial charge in [-0.05, 0) is 162 Å². The van der Waals surface area contributed by atoms with Crippen LogP contribution in [0.15, 0.2) is 193 Å². The van der Waals surface area contributed by atoms with Crippen molar-refractivity contribution >= 4 is 29.0 Å². The molecule has 0 fully saturated rings. The Labute approximate surface area is 701 Å². The number of hydrogen-bond acceptors (Lipinski definition) is 16. The Hall–Kier alpha value is -13.2. The van der Waals surface area contributed by atoms with E-state index in [0.29, 0.717) is 35.3 Å². The van der Waals surface area contributed by atoms with Crippen molar-refractivity contribution in [3.05, 3.63) is 301 Å². The van der Waals surface area contributed by atoms with Gasteiger partial charge in [-0.15, -0.1) is 0 Å². The molecule has 7 aromatic heterocycles. The van der Waals surface area contributed by atoms with Gasteiger partial charge in [-0.25, -0.2) is 54.4 Å². The Morgan fingerprint density at radius 1 is 0.413 bits per heavy atom. The van der Waals surface area contributed by atoms with Crippen LogP contribution in [0.4, 0.5) is 13.2 Å². The molecule has 0 radical (unpaired) electrons. The van der Waals surface area contributed by atoms with Crippen molar-refractivity contribution < 1.29 is 37.1 Å². The zero-order valence-corrected chi connectivity index (χ0v) is 69.5. The number of aromatic nitrogens is 11. The molecule has 10 aromatic rings. The van der Waals surface area contributed by atoms with Gasteiger partial charge in [0.25, 0.3) is 5.91 Å². The number of benzene rings is 3. The molecule has 12 atom stereocenters. The van der Waals surface area contributed by atoms with Gasteiger partial charge in [-0.1, -0.05) is 152 Å². The molecule has 2 N–H and O–H groups in total. The van der Waals surface area contributed by atoms with E-state index in [4.69, 9.17) is 65.3 Å². The molecule has 20 nitrogen and oxygen atoms in total. The lowest BCUT2D eigenvalue weighted by atomic mass is 9.57. The molecule has 0 saturated carbocycles. The lowest BCUT2D eigenvalue weighted by molar-refractivity contribution is -0.137. The smallest absolute Gasteiger partial charge is 0.365 e. The Balaban J connectivity index is 0.000000127. The standard InChI is InChI=1S/C28H22F3N3O.C28H28N4O2.2C21H20N4O/c1-16-21-14-13-20-23(17-7-5-4-6-8-17)33-26(18-9-11-19(12-10-18)28(29,30)31)34-25(20)27(21,2)15-22(32-3)24(16)35;1-15-5-7-18(8-6-15)23-20-9-10-22-17(3)24(33)21(26(29)34)14-28(22,4)25(20)32-27(31-23)19-11-12-30-16(2)13-19;2*1-12-16-6-5-15-13(2)24-20(14-7-9-23-10-8-14)25-19(15)21(16,3)11-17(22-4)18(12)26/h4-12,15-16,21H,13-14H2,1-2H3;5-8,11-14,17,22H,9-10H2,1-4H3,(H2,29,34);2*7-12,16H,5-6H2,1-3H3/t16-,21-,27-;17-,22-,28-;2*12-,16-,21-/m1111/s1. The number of pyridine rings is 3. The van der Waals surface area contributed by atoms with Crippen LogP contribution < -0.4 is 5.73 Å². The maximum atomic E-state index is 13.1. The van der Waals surface area contributed by atoms with E-state index in [1.165, 1.54) is 17.7 Å². The minimum atomic E-state index is -4.43. The summed E-state index contributed by atoms with van der Waals surface area (Å²) in [4.78, 5) is 125. The van der Waals surface area contributed by atoms with Gasteiger partial charge in [0.1, 0.15) is 0 Å². The number of rotatable bonds is 7. The summed E-state index contributed by atoms with van der Waals surface area (Å²) in [5, 5.41) is 0. The highest BCUT2D eigenvalue weighted by atomic mass is 19.4. The van der Waals surface area contributed by atoms with Crippen molar-refractivity contribution in [1.82, 2.24) is 54.8 Å². The Kier molecular flexibility index (Phi) is 22.0. The van der Waals surface area contributed by atoms with Crippen molar-refractivity contribution in [3.63, 3.8) is 0 Å². The average Bonchev–Trinajstić information content (AvgIpc) is 0.730. The zero-order chi connectivity index (χ0) is 86.1. The number of nitrogens with zero attached hydrogens (tertiary/aromatic N) is 14. The first kappa shape index (κ1) is 82.9. The van der Waals surface area contributed by atoms with E-state index in [-0.39, 0.29) is 93.1 Å². The van der Waals surface area contributed by atoms with Gasteiger partial charge in [0, 0.05) is 138 Å². The fourth-order valence-corrected chi connectivity index (χ4v) is 20.3. The molecular weight excluding hydrogens is 1520 g/mol. The lowest BCUT2D eigenvalue weighted by Crippen LogP contribution is -2.48. The topological polar surface area (TPSA) is 266 Å². The second kappa shape index (κ2) is 32.2. The van der Waals surface area contributed by atoms with Gasteiger partial charge in [-0.3, -0.25) is 24.5 Å². The van der Waals surface area contributed by atoms with Crippen molar-refractivity contribution in [2.45, 2.75) is 162 Å². The number of ketones is 4. The van der Waals surface area contributed by atoms with Crippen molar-refractivity contribution in [1.29, 1.82) is 0 Å². The summed E-state index contributed by atoms with van der Waals surface area (Å²) in [5.41, 5.74) is 22.1. The SMILES string of the molecule is Cc1ccc(-c2nc(-c3ccnc(C)c3)nc3c2CC[C@@H]2[C@@H](C)C(=O)C(C(N)=O)=C[C@@]32C)cc1.[C-]#[N+]C1=C[C@@]2(C)c3nc(-c4ccc(C(F)(F)F)cc4)nc(-c4ccccc4)c3CC[C@@H]2[C@@H](C)C1=O.[C-]#[N+]C1=C[C@@]2(C)c3nc(-c4ccncc4)nc(C)c3CC[C@@H]2[C@@H](C)C1=O.[C-]#[N+]C1=C[C@@]2(C)c3nc(-c4ccncc4)nc(C)c3CC[C@@H]2[C@@H](C)C1=O. The van der Waals surface area contributed by atoms with E-state index in [9.17, 15) is 37.1 Å². The largest absolute Gasteiger partial charge is 0.416 e. The molecule has 23 heteroatoms. The monoisotopic (exact) mass is 1610 g/mol. The minimum Gasteiger partial charge on any atom is -0.365 e. The third kappa shape index (κ3) is 14.9. The quantitative estimate of drug-likeness (QED) is 0.115. The van der Waals surface area contributed by atoms with Crippen LogP contribution in [0.25, 0.3) is 82.6 Å². The molecule has 608 valence electrons.